The van der Waals surface area contributed by atoms with Crippen molar-refractivity contribution in [1.82, 2.24) is 10.2 Å². The van der Waals surface area contributed by atoms with Gasteiger partial charge in [0, 0.05) is 25.2 Å². The summed E-state index contributed by atoms with van der Waals surface area (Å²) in [5, 5.41) is 13.6. The summed E-state index contributed by atoms with van der Waals surface area (Å²) in [7, 11) is 0. The number of nitrogens with one attached hydrogen (secondary N) is 1. The molecular weight excluding hydrogens is 216 g/mol. The predicted octanol–water partition coefficient (Wildman–Crippen LogP) is 1.21. The first kappa shape index (κ1) is 12.6. The highest BCUT2D eigenvalue weighted by Crippen LogP contribution is 2.18. The molecule has 0 bridgehead atoms. The molecule has 2 rings (SSSR count). The third-order valence-electron chi connectivity index (χ3n) is 3.09. The number of aliphatic hydroxyl groups is 1. The third-order valence-corrected chi connectivity index (χ3v) is 3.09. The maximum Gasteiger partial charge on any atom is 0.117 e. The molecule has 0 amide bonds. The first-order valence-electron chi connectivity index (χ1n) is 6.09. The molecular formula is C13H22N2O2. The van der Waals surface area contributed by atoms with Crippen LogP contribution < -0.4 is 5.32 Å². The zero-order chi connectivity index (χ0) is 12.5. The zero-order valence-corrected chi connectivity index (χ0v) is 10.9. The highest BCUT2D eigenvalue weighted by Gasteiger charge is 2.34. The maximum absolute atomic E-state index is 10.3. The highest BCUT2D eigenvalue weighted by molar-refractivity contribution is 5.00. The van der Waals surface area contributed by atoms with Crippen molar-refractivity contribution < 1.29 is 9.52 Å². The Kier molecular flexibility index (Phi) is 3.30. The fourth-order valence-corrected chi connectivity index (χ4v) is 2.37. The summed E-state index contributed by atoms with van der Waals surface area (Å²) in [5.41, 5.74) is -0.687. The summed E-state index contributed by atoms with van der Waals surface area (Å²) in [6, 6.07) is 3.87. The highest BCUT2D eigenvalue weighted by atomic mass is 16.3. The second kappa shape index (κ2) is 4.44. The van der Waals surface area contributed by atoms with Gasteiger partial charge in [0.15, 0.2) is 0 Å². The number of nitrogens with zero attached hydrogens (tertiary/aromatic N) is 1. The van der Waals surface area contributed by atoms with Crippen molar-refractivity contribution in [2.75, 3.05) is 19.6 Å². The molecule has 2 N–H and O–H groups in total. The zero-order valence-electron chi connectivity index (χ0n) is 10.9. The number of furan rings is 1. The van der Waals surface area contributed by atoms with Crippen molar-refractivity contribution >= 4 is 0 Å². The number of hydrogen-bond acceptors (Lipinski definition) is 4. The molecule has 0 aromatic carbocycles. The average molecular weight is 238 g/mol. The molecule has 17 heavy (non-hydrogen) atoms. The maximum atomic E-state index is 10.3. The molecule has 1 aliphatic rings. The normalized spacial score (nSPS) is 30.1. The molecule has 2 heterocycles. The summed E-state index contributed by atoms with van der Waals surface area (Å²) in [5.74, 6) is 0.943. The lowest BCUT2D eigenvalue weighted by Gasteiger charge is -2.29. The Bertz CT molecular complexity index is 340. The summed E-state index contributed by atoms with van der Waals surface area (Å²) >= 11 is 0. The van der Waals surface area contributed by atoms with Gasteiger partial charge in [-0.25, -0.2) is 0 Å². The molecule has 0 aliphatic carbocycles. The van der Waals surface area contributed by atoms with E-state index in [0.717, 1.165) is 18.8 Å². The van der Waals surface area contributed by atoms with Crippen LogP contribution in [0, 0.1) is 0 Å². The lowest BCUT2D eigenvalue weighted by atomic mass is 10.1. The fraction of sp³-hybridized carbons (Fsp3) is 0.692. The molecule has 1 saturated heterocycles. The second-order valence-electron chi connectivity index (χ2n) is 5.96. The van der Waals surface area contributed by atoms with Gasteiger partial charge in [0.25, 0.3) is 0 Å². The minimum absolute atomic E-state index is 0.00703. The van der Waals surface area contributed by atoms with Crippen molar-refractivity contribution in [3.8, 4) is 0 Å². The van der Waals surface area contributed by atoms with Crippen molar-refractivity contribution in [2.24, 2.45) is 0 Å². The van der Waals surface area contributed by atoms with Crippen molar-refractivity contribution in [3.63, 3.8) is 0 Å². The van der Waals surface area contributed by atoms with E-state index < -0.39 is 5.60 Å². The van der Waals surface area contributed by atoms with Gasteiger partial charge >= 0.3 is 0 Å². The van der Waals surface area contributed by atoms with Crippen LogP contribution in [0.2, 0.25) is 0 Å². The van der Waals surface area contributed by atoms with Crippen molar-refractivity contribution in [3.05, 3.63) is 24.2 Å². The lowest BCUT2D eigenvalue weighted by Crippen LogP contribution is -2.47. The first-order valence-corrected chi connectivity index (χ1v) is 6.09. The van der Waals surface area contributed by atoms with Crippen LogP contribution in [0.1, 0.15) is 26.5 Å². The Balaban J connectivity index is 2.08. The van der Waals surface area contributed by atoms with E-state index in [1.165, 1.54) is 0 Å². The van der Waals surface area contributed by atoms with Gasteiger partial charge in [0.2, 0.25) is 0 Å². The van der Waals surface area contributed by atoms with Crippen LogP contribution in [-0.4, -0.2) is 40.8 Å². The van der Waals surface area contributed by atoms with Crippen molar-refractivity contribution in [1.29, 1.82) is 0 Å². The third kappa shape index (κ3) is 3.56. The largest absolute Gasteiger partial charge is 0.468 e. The summed E-state index contributed by atoms with van der Waals surface area (Å²) in [6.07, 6.45) is 1.69. The van der Waals surface area contributed by atoms with Crippen molar-refractivity contribution in [2.45, 2.75) is 38.5 Å². The van der Waals surface area contributed by atoms with E-state index >= 15 is 0 Å². The predicted molar refractivity (Wildman–Crippen MR) is 66.7 cm³/mol. The monoisotopic (exact) mass is 238 g/mol. The average Bonchev–Trinajstić information content (AvgIpc) is 2.63. The van der Waals surface area contributed by atoms with Crippen LogP contribution in [0.5, 0.6) is 0 Å². The van der Waals surface area contributed by atoms with E-state index in [0.29, 0.717) is 13.1 Å². The Hall–Kier alpha value is -0.840. The molecule has 0 radical (unpaired) electrons. The van der Waals surface area contributed by atoms with Gasteiger partial charge in [-0.2, -0.15) is 0 Å². The molecule has 1 aromatic rings. The molecule has 1 aromatic heterocycles. The molecule has 0 saturated carbocycles. The van der Waals surface area contributed by atoms with Crippen LogP contribution in [0.3, 0.4) is 0 Å². The van der Waals surface area contributed by atoms with Crippen LogP contribution >= 0.6 is 0 Å². The molecule has 1 atom stereocenters. The van der Waals surface area contributed by atoms with Gasteiger partial charge in [-0.3, -0.25) is 4.90 Å². The van der Waals surface area contributed by atoms with Gasteiger partial charge in [0.05, 0.1) is 18.4 Å². The van der Waals surface area contributed by atoms with Gasteiger partial charge in [-0.1, -0.05) is 0 Å². The summed E-state index contributed by atoms with van der Waals surface area (Å²) < 4.78 is 5.37. The smallest absolute Gasteiger partial charge is 0.117 e. The van der Waals surface area contributed by atoms with E-state index in [1.807, 2.05) is 19.1 Å². The topological polar surface area (TPSA) is 48.6 Å². The Morgan fingerprint density at radius 2 is 2.18 bits per heavy atom. The SMILES string of the molecule is CC1(O)CNC(C)(C)CN(Cc2ccco2)C1. The van der Waals surface area contributed by atoms with Crippen LogP contribution in [0.15, 0.2) is 22.8 Å². The molecule has 96 valence electrons. The number of hydrogen-bond donors (Lipinski definition) is 2. The molecule has 1 aliphatic heterocycles. The van der Waals surface area contributed by atoms with Gasteiger partial charge < -0.3 is 14.8 Å². The Labute approximate surface area is 103 Å². The molecule has 1 unspecified atom stereocenters. The van der Waals surface area contributed by atoms with E-state index in [9.17, 15) is 5.11 Å². The van der Waals surface area contributed by atoms with Gasteiger partial charge in [-0.05, 0) is 32.9 Å². The summed E-state index contributed by atoms with van der Waals surface area (Å²) in [6.45, 7) is 9.10. The molecule has 4 heteroatoms. The van der Waals surface area contributed by atoms with E-state index in [2.05, 4.69) is 24.1 Å². The van der Waals surface area contributed by atoms with Crippen LogP contribution in [0.25, 0.3) is 0 Å². The van der Waals surface area contributed by atoms with Gasteiger partial charge in [-0.15, -0.1) is 0 Å². The minimum atomic E-state index is -0.694. The van der Waals surface area contributed by atoms with Crippen LogP contribution in [-0.2, 0) is 6.54 Å². The standard InChI is InChI=1S/C13H22N2O2/c1-12(2)9-15(7-11-5-4-6-17-11)10-13(3,16)8-14-12/h4-6,14,16H,7-10H2,1-3H3. The van der Waals surface area contributed by atoms with Gasteiger partial charge in [0.1, 0.15) is 5.76 Å². The number of rotatable bonds is 2. The summed E-state index contributed by atoms with van der Waals surface area (Å²) in [4.78, 5) is 2.23. The quantitative estimate of drug-likeness (QED) is 0.813. The Morgan fingerprint density at radius 1 is 1.41 bits per heavy atom. The second-order valence-corrected chi connectivity index (χ2v) is 5.96. The van der Waals surface area contributed by atoms with E-state index in [4.69, 9.17) is 4.42 Å². The van der Waals surface area contributed by atoms with Crippen LogP contribution in [0.4, 0.5) is 0 Å². The Morgan fingerprint density at radius 3 is 2.82 bits per heavy atom. The first-order chi connectivity index (χ1) is 7.86. The van der Waals surface area contributed by atoms with E-state index in [-0.39, 0.29) is 5.54 Å². The fourth-order valence-electron chi connectivity index (χ4n) is 2.37. The molecule has 4 nitrogen and oxygen atoms in total. The molecule has 1 fully saturated rings. The lowest BCUT2D eigenvalue weighted by molar-refractivity contribution is 0.0305. The number of β-amino-alcohol motifs (C(OH)–C–C–N with tert-alkyl or cyclic N) is 1. The minimum Gasteiger partial charge on any atom is -0.468 e. The van der Waals surface area contributed by atoms with E-state index in [1.54, 1.807) is 6.26 Å². The molecule has 0 spiro atoms.